The second-order valence-corrected chi connectivity index (χ2v) is 4.48. The number of nitrogen functional groups attached to an aromatic ring is 1. The zero-order chi connectivity index (χ0) is 14.4. The van der Waals surface area contributed by atoms with Crippen molar-refractivity contribution >= 4 is 29.2 Å². The van der Waals surface area contributed by atoms with Gasteiger partial charge in [0.1, 0.15) is 11.9 Å². The molecule has 2 amide bonds. The number of pyridine rings is 1. The number of rotatable bonds is 5. The predicted molar refractivity (Wildman–Crippen MR) is 73.9 cm³/mol. The minimum atomic E-state index is -0.649. The lowest BCUT2D eigenvalue weighted by Crippen LogP contribution is -2.45. The molecule has 0 radical (unpaired) electrons. The van der Waals surface area contributed by atoms with Crippen molar-refractivity contribution in [3.8, 4) is 0 Å². The number of nitrogens with one attached hydrogen (secondary N) is 2. The molecule has 0 fully saturated rings. The van der Waals surface area contributed by atoms with Crippen molar-refractivity contribution < 1.29 is 9.59 Å². The third kappa shape index (κ3) is 4.40. The number of nitrogens with zero attached hydrogens (tertiary/aromatic N) is 1. The van der Waals surface area contributed by atoms with E-state index >= 15 is 0 Å². The van der Waals surface area contributed by atoms with Crippen molar-refractivity contribution in [3.05, 3.63) is 22.8 Å². The molecule has 1 aromatic rings. The van der Waals surface area contributed by atoms with Gasteiger partial charge in [0.15, 0.2) is 0 Å². The summed E-state index contributed by atoms with van der Waals surface area (Å²) < 4.78 is 0. The van der Waals surface area contributed by atoms with Crippen molar-refractivity contribution in [2.24, 2.45) is 0 Å². The fraction of sp³-hybridized carbons (Fsp3) is 0.417. The van der Waals surface area contributed by atoms with Gasteiger partial charge in [0, 0.05) is 12.7 Å². The molecule has 0 aliphatic heterocycles. The minimum absolute atomic E-state index is 0.188. The van der Waals surface area contributed by atoms with Crippen LogP contribution in [0.25, 0.3) is 0 Å². The molecule has 0 saturated heterocycles. The number of anilines is 1. The summed E-state index contributed by atoms with van der Waals surface area (Å²) in [6.07, 6.45) is 2.13. The van der Waals surface area contributed by atoms with Gasteiger partial charge < -0.3 is 16.4 Å². The zero-order valence-electron chi connectivity index (χ0n) is 10.9. The van der Waals surface area contributed by atoms with Gasteiger partial charge in [0.05, 0.1) is 10.6 Å². The molecule has 0 aliphatic carbocycles. The van der Waals surface area contributed by atoms with Crippen LogP contribution in [0.3, 0.4) is 0 Å². The summed E-state index contributed by atoms with van der Waals surface area (Å²) in [5.74, 6) is -0.510. The molecular formula is C12H17ClN4O2. The largest absolute Gasteiger partial charge is 0.384 e. The highest BCUT2D eigenvalue weighted by Crippen LogP contribution is 2.16. The van der Waals surface area contributed by atoms with E-state index in [1.54, 1.807) is 6.92 Å². The Balaban J connectivity index is 2.68. The van der Waals surface area contributed by atoms with Crippen LogP contribution in [-0.2, 0) is 4.79 Å². The highest BCUT2D eigenvalue weighted by atomic mass is 35.5. The normalized spacial score (nSPS) is 11.7. The Labute approximate surface area is 116 Å². The maximum Gasteiger partial charge on any atom is 0.253 e. The second kappa shape index (κ2) is 6.94. The summed E-state index contributed by atoms with van der Waals surface area (Å²) in [6.45, 7) is 4.12. The molecule has 0 aromatic carbocycles. The highest BCUT2D eigenvalue weighted by molar-refractivity contribution is 6.33. The number of nitrogens with two attached hydrogens (primary N) is 1. The topological polar surface area (TPSA) is 97.1 Å². The number of hydrogen-bond acceptors (Lipinski definition) is 4. The van der Waals surface area contributed by atoms with Gasteiger partial charge in [-0.25, -0.2) is 4.98 Å². The van der Waals surface area contributed by atoms with Crippen molar-refractivity contribution in [1.29, 1.82) is 0 Å². The van der Waals surface area contributed by atoms with E-state index in [4.69, 9.17) is 17.3 Å². The summed E-state index contributed by atoms with van der Waals surface area (Å²) >= 11 is 5.86. The van der Waals surface area contributed by atoms with Gasteiger partial charge in [0.25, 0.3) is 5.91 Å². The number of hydrogen-bond donors (Lipinski definition) is 3. The molecule has 0 bridgehead atoms. The van der Waals surface area contributed by atoms with E-state index in [0.29, 0.717) is 6.54 Å². The van der Waals surface area contributed by atoms with E-state index in [9.17, 15) is 9.59 Å². The lowest BCUT2D eigenvalue weighted by atomic mass is 10.2. The van der Waals surface area contributed by atoms with E-state index in [1.165, 1.54) is 12.3 Å². The Kier molecular flexibility index (Phi) is 5.57. The van der Waals surface area contributed by atoms with E-state index in [0.717, 1.165) is 6.42 Å². The predicted octanol–water partition coefficient (Wildman–Crippen LogP) is 0.962. The standard InChI is InChI=1S/C12H17ClN4O2/c1-3-4-15-11(18)7(2)17-12(19)8-5-10(14)16-6-9(8)13/h5-7H,3-4H2,1-2H3,(H2,14,16)(H,15,18)(H,17,19). The molecule has 6 nitrogen and oxygen atoms in total. The molecule has 104 valence electrons. The minimum Gasteiger partial charge on any atom is -0.384 e. The molecule has 1 aromatic heterocycles. The molecule has 1 atom stereocenters. The summed E-state index contributed by atoms with van der Waals surface area (Å²) in [7, 11) is 0. The van der Waals surface area contributed by atoms with Crippen LogP contribution in [0.5, 0.6) is 0 Å². The Hall–Kier alpha value is -1.82. The molecule has 1 rings (SSSR count). The number of amides is 2. The Morgan fingerprint density at radius 2 is 2.21 bits per heavy atom. The first kappa shape index (κ1) is 15.2. The monoisotopic (exact) mass is 284 g/mol. The van der Waals surface area contributed by atoms with Crippen LogP contribution in [0.2, 0.25) is 5.02 Å². The van der Waals surface area contributed by atoms with E-state index in [2.05, 4.69) is 15.6 Å². The first-order chi connectivity index (χ1) is 8.95. The van der Waals surface area contributed by atoms with Crippen LogP contribution in [0, 0.1) is 0 Å². The van der Waals surface area contributed by atoms with Gasteiger partial charge in [0.2, 0.25) is 5.91 Å². The maximum atomic E-state index is 11.9. The summed E-state index contributed by atoms with van der Waals surface area (Å²) in [5.41, 5.74) is 5.69. The third-order valence-corrected chi connectivity index (χ3v) is 2.71. The van der Waals surface area contributed by atoms with Gasteiger partial charge in [-0.3, -0.25) is 9.59 Å². The Morgan fingerprint density at radius 1 is 1.53 bits per heavy atom. The van der Waals surface area contributed by atoms with Crippen molar-refractivity contribution in [1.82, 2.24) is 15.6 Å². The molecule has 1 heterocycles. The van der Waals surface area contributed by atoms with E-state index < -0.39 is 11.9 Å². The molecule has 0 aliphatic rings. The average Bonchev–Trinajstić information content (AvgIpc) is 2.38. The number of carbonyl (C=O) groups is 2. The van der Waals surface area contributed by atoms with Crippen LogP contribution in [0.15, 0.2) is 12.3 Å². The molecule has 19 heavy (non-hydrogen) atoms. The fourth-order valence-electron chi connectivity index (χ4n) is 1.37. The fourth-order valence-corrected chi connectivity index (χ4v) is 1.56. The smallest absolute Gasteiger partial charge is 0.253 e. The van der Waals surface area contributed by atoms with Gasteiger partial charge in [-0.05, 0) is 19.4 Å². The van der Waals surface area contributed by atoms with Crippen LogP contribution >= 0.6 is 11.6 Å². The number of halogens is 1. The lowest BCUT2D eigenvalue weighted by Gasteiger charge is -2.14. The maximum absolute atomic E-state index is 11.9. The van der Waals surface area contributed by atoms with Crippen LogP contribution in [0.4, 0.5) is 5.82 Å². The average molecular weight is 285 g/mol. The van der Waals surface area contributed by atoms with Crippen molar-refractivity contribution in [2.45, 2.75) is 26.3 Å². The second-order valence-electron chi connectivity index (χ2n) is 4.08. The first-order valence-electron chi connectivity index (χ1n) is 5.95. The van der Waals surface area contributed by atoms with Gasteiger partial charge in [-0.15, -0.1) is 0 Å². The zero-order valence-corrected chi connectivity index (χ0v) is 11.6. The number of carbonyl (C=O) groups excluding carboxylic acids is 2. The molecule has 0 saturated carbocycles. The van der Waals surface area contributed by atoms with E-state index in [1.807, 2.05) is 6.92 Å². The van der Waals surface area contributed by atoms with Crippen molar-refractivity contribution in [3.63, 3.8) is 0 Å². The molecule has 0 spiro atoms. The van der Waals surface area contributed by atoms with Gasteiger partial charge >= 0.3 is 0 Å². The van der Waals surface area contributed by atoms with Crippen LogP contribution in [-0.4, -0.2) is 29.4 Å². The summed E-state index contributed by atoms with van der Waals surface area (Å²) in [4.78, 5) is 27.3. The van der Waals surface area contributed by atoms with Crippen LogP contribution in [0.1, 0.15) is 30.6 Å². The Bertz CT molecular complexity index is 479. The highest BCUT2D eigenvalue weighted by Gasteiger charge is 2.18. The molecule has 1 unspecified atom stereocenters. The summed E-state index contributed by atoms with van der Waals surface area (Å²) in [5, 5.41) is 5.43. The Morgan fingerprint density at radius 3 is 2.84 bits per heavy atom. The van der Waals surface area contributed by atoms with Crippen LogP contribution < -0.4 is 16.4 Å². The molecule has 4 N–H and O–H groups in total. The SMILES string of the molecule is CCCNC(=O)C(C)NC(=O)c1cc(N)ncc1Cl. The molecular weight excluding hydrogens is 268 g/mol. The summed E-state index contributed by atoms with van der Waals surface area (Å²) in [6, 6.07) is 0.721. The lowest BCUT2D eigenvalue weighted by molar-refractivity contribution is -0.122. The number of aromatic nitrogens is 1. The van der Waals surface area contributed by atoms with Gasteiger partial charge in [-0.1, -0.05) is 18.5 Å². The quantitative estimate of drug-likeness (QED) is 0.750. The molecule has 7 heteroatoms. The van der Waals surface area contributed by atoms with E-state index in [-0.39, 0.29) is 22.3 Å². The van der Waals surface area contributed by atoms with Gasteiger partial charge in [-0.2, -0.15) is 0 Å². The third-order valence-electron chi connectivity index (χ3n) is 2.41. The van der Waals surface area contributed by atoms with Crippen molar-refractivity contribution in [2.75, 3.05) is 12.3 Å². The first-order valence-corrected chi connectivity index (χ1v) is 6.33.